The Kier molecular flexibility index (Phi) is 11.7. The van der Waals surface area contributed by atoms with E-state index in [-0.39, 0.29) is 30.1 Å². The summed E-state index contributed by atoms with van der Waals surface area (Å²) in [5, 5.41) is 8.15. The Labute approximate surface area is 253 Å². The van der Waals surface area contributed by atoms with Crippen LogP contribution in [-0.4, -0.2) is 36.5 Å². The maximum Gasteiger partial charge on any atom is 0 e. The number of benzene rings is 1. The Bertz CT molecular complexity index is 1050. The fraction of sp³-hybridized carbons (Fsp3) is 0.529. The second-order valence-electron chi connectivity index (χ2n) is 13.3. The topological polar surface area (TPSA) is 24.1 Å². The summed E-state index contributed by atoms with van der Waals surface area (Å²) < 4.78 is 0. The largest absolute Gasteiger partial charge is 0.748 e. The van der Waals surface area contributed by atoms with E-state index in [1.54, 1.807) is 11.1 Å². The summed E-state index contributed by atoms with van der Waals surface area (Å²) in [5.41, 5.74) is 5.98. The molecule has 2 aliphatic rings. The van der Waals surface area contributed by atoms with Crippen molar-refractivity contribution in [2.24, 2.45) is 11.8 Å². The monoisotopic (exact) mass is 604 g/mol. The maximum absolute atomic E-state index is 3.69. The summed E-state index contributed by atoms with van der Waals surface area (Å²) in [6.07, 6.45) is 3.76. The first-order valence-corrected chi connectivity index (χ1v) is 16.6. The van der Waals surface area contributed by atoms with Crippen LogP contribution in [-0.2, 0) is 28.4 Å². The van der Waals surface area contributed by atoms with Crippen LogP contribution in [0.25, 0.3) is 11.1 Å². The van der Waals surface area contributed by atoms with Crippen LogP contribution in [0.2, 0.25) is 0 Å². The van der Waals surface area contributed by atoms with Gasteiger partial charge in [-0.15, -0.1) is 22.7 Å². The van der Waals surface area contributed by atoms with Gasteiger partial charge in [-0.3, -0.25) is 0 Å². The van der Waals surface area contributed by atoms with Crippen LogP contribution in [0.5, 0.6) is 0 Å². The van der Waals surface area contributed by atoms with E-state index >= 15 is 0 Å². The minimum Gasteiger partial charge on any atom is -0.748 e. The van der Waals surface area contributed by atoms with Gasteiger partial charge in [-0.2, -0.15) is 17.2 Å². The van der Waals surface area contributed by atoms with Crippen molar-refractivity contribution in [2.45, 2.75) is 76.0 Å². The Morgan fingerprint density at radius 2 is 1.31 bits per heavy atom. The Morgan fingerprint density at radius 1 is 0.821 bits per heavy atom. The summed E-state index contributed by atoms with van der Waals surface area (Å²) in [7, 11) is 3.25. The number of hydrogen-bond acceptors (Lipinski definition) is 2. The predicted molar refractivity (Wildman–Crippen MR) is 173 cm³/mol. The van der Waals surface area contributed by atoms with Crippen LogP contribution in [0, 0.1) is 11.8 Å². The molecule has 0 bridgehead atoms. The first kappa shape index (κ1) is 32.7. The quantitative estimate of drug-likeness (QED) is 0.168. The molecule has 0 aromatic heterocycles. The van der Waals surface area contributed by atoms with E-state index in [9.17, 15) is 0 Å². The molecule has 2 N–H and O–H groups in total. The summed E-state index contributed by atoms with van der Waals surface area (Å²) >= 11 is 0. The molecule has 0 saturated carbocycles. The average molecular weight is 605 g/mol. The standard InChI is InChI=1S/C29H45N2P2.C5H5.Fe/c1-27(2,3)33(28(4,5)6)20-23-16-22(21-10-8-7-9-11-21)17-26(23)29(32,24-12-14-30-18-24)25-13-15-31-19-25;1-2-4-5-3-1;/h7-11,16-17,24-25,30-31H,12-15,18-20,32H2,1-6H3;1-5H;/q-1;-5;. The summed E-state index contributed by atoms with van der Waals surface area (Å²) in [6, 6.07) is 26.2. The van der Waals surface area contributed by atoms with E-state index in [0.717, 1.165) is 26.2 Å². The molecule has 5 heteroatoms. The van der Waals surface area contributed by atoms with Gasteiger partial charge in [0.15, 0.2) is 0 Å². The Morgan fingerprint density at radius 3 is 1.72 bits per heavy atom. The maximum atomic E-state index is 3.69. The van der Waals surface area contributed by atoms with Gasteiger partial charge in [-0.1, -0.05) is 83.6 Å². The molecule has 5 rings (SSSR count). The summed E-state index contributed by atoms with van der Waals surface area (Å²) in [5.74, 6) is 1.35. The third-order valence-corrected chi connectivity index (χ3v) is 13.7. The van der Waals surface area contributed by atoms with Crippen LogP contribution in [0.1, 0.15) is 65.5 Å². The molecule has 3 aromatic carbocycles. The van der Waals surface area contributed by atoms with Crippen LogP contribution in [0.4, 0.5) is 0 Å². The first-order valence-electron chi connectivity index (χ1n) is 14.5. The normalized spacial score (nSPS) is 21.2. The Hall–Kier alpha value is -0.781. The van der Waals surface area contributed by atoms with Crippen molar-refractivity contribution in [1.29, 1.82) is 0 Å². The summed E-state index contributed by atoms with van der Waals surface area (Å²) in [4.78, 5) is 0. The van der Waals surface area contributed by atoms with Gasteiger partial charge in [0.1, 0.15) is 0 Å². The molecule has 220 valence electrons. The van der Waals surface area contributed by atoms with Gasteiger partial charge in [-0.05, 0) is 66.3 Å². The molecule has 3 atom stereocenters. The molecule has 2 fully saturated rings. The molecule has 39 heavy (non-hydrogen) atoms. The number of hydrogen-bond donors (Lipinski definition) is 2. The van der Waals surface area contributed by atoms with Crippen molar-refractivity contribution >= 4 is 17.2 Å². The minimum absolute atomic E-state index is 0. The van der Waals surface area contributed by atoms with E-state index in [1.165, 1.54) is 30.1 Å². The molecule has 2 heterocycles. The second kappa shape index (κ2) is 13.9. The van der Waals surface area contributed by atoms with Crippen molar-refractivity contribution in [3.8, 4) is 11.1 Å². The van der Waals surface area contributed by atoms with Crippen molar-refractivity contribution in [3.63, 3.8) is 0 Å². The molecular weight excluding hydrogens is 554 g/mol. The fourth-order valence-corrected chi connectivity index (χ4v) is 11.2. The Balaban J connectivity index is 0.000000630. The van der Waals surface area contributed by atoms with Crippen LogP contribution in [0.15, 0.2) is 72.8 Å². The van der Waals surface area contributed by atoms with Gasteiger partial charge in [-0.25, -0.2) is 6.07 Å². The molecule has 0 radical (unpaired) electrons. The van der Waals surface area contributed by atoms with Gasteiger partial charge < -0.3 is 41.0 Å². The van der Waals surface area contributed by atoms with E-state index in [0.29, 0.717) is 22.1 Å². The van der Waals surface area contributed by atoms with E-state index in [4.69, 9.17) is 0 Å². The minimum atomic E-state index is -0.203. The molecular formula is C34H50FeN2P2-6. The molecule has 3 aromatic rings. The van der Waals surface area contributed by atoms with Gasteiger partial charge in [0.25, 0.3) is 0 Å². The average Bonchev–Trinajstić information content (AvgIpc) is 3.70. The van der Waals surface area contributed by atoms with Gasteiger partial charge in [0.05, 0.1) is 0 Å². The van der Waals surface area contributed by atoms with E-state index < -0.39 is 0 Å². The van der Waals surface area contributed by atoms with Gasteiger partial charge in [0.2, 0.25) is 0 Å². The van der Waals surface area contributed by atoms with E-state index in [2.05, 4.69) is 104 Å². The number of nitrogens with one attached hydrogen (secondary N) is 2. The molecule has 0 amide bonds. The molecule has 2 nitrogen and oxygen atoms in total. The predicted octanol–water partition coefficient (Wildman–Crippen LogP) is 8.34. The molecule has 2 saturated heterocycles. The third kappa shape index (κ3) is 7.95. The third-order valence-electron chi connectivity index (χ3n) is 8.52. The van der Waals surface area contributed by atoms with Crippen molar-refractivity contribution in [3.05, 3.63) is 83.9 Å². The fourth-order valence-electron chi connectivity index (χ4n) is 6.76. The molecule has 0 aliphatic carbocycles. The van der Waals surface area contributed by atoms with Crippen LogP contribution < -0.4 is 10.6 Å². The molecule has 0 spiro atoms. The van der Waals surface area contributed by atoms with Gasteiger partial charge >= 0.3 is 0 Å². The van der Waals surface area contributed by atoms with E-state index in [1.807, 2.05) is 30.3 Å². The molecule has 3 unspecified atom stereocenters. The van der Waals surface area contributed by atoms with Gasteiger partial charge in [0, 0.05) is 17.1 Å². The van der Waals surface area contributed by atoms with Crippen LogP contribution in [0.3, 0.4) is 0 Å². The van der Waals surface area contributed by atoms with Crippen molar-refractivity contribution < 1.29 is 17.1 Å². The zero-order chi connectivity index (χ0) is 27.4. The smallest absolute Gasteiger partial charge is 0 e. The molecule has 2 aliphatic heterocycles. The zero-order valence-electron chi connectivity index (χ0n) is 24.9. The van der Waals surface area contributed by atoms with Crippen molar-refractivity contribution in [1.82, 2.24) is 10.6 Å². The number of rotatable bonds is 6. The SMILES string of the molecule is CC(C)(C)P(C[c-]1cc(-c2ccccc2)cc1C(P)(C1CCNC1)C1CCNC1)C(C)(C)C.[Fe].[cH-]1[cH-][cH-][cH-][cH-]1. The van der Waals surface area contributed by atoms with Crippen molar-refractivity contribution in [2.75, 3.05) is 26.2 Å². The summed E-state index contributed by atoms with van der Waals surface area (Å²) in [6.45, 7) is 19.3. The van der Waals surface area contributed by atoms with Crippen LogP contribution >= 0.6 is 17.2 Å². The zero-order valence-corrected chi connectivity index (χ0v) is 28.1. The second-order valence-corrected chi connectivity index (χ2v) is 18.1. The first-order chi connectivity index (χ1) is 18.0.